The number of thiazole rings is 1. The van der Waals surface area contributed by atoms with Gasteiger partial charge in [-0.1, -0.05) is 29.8 Å². The molecule has 1 aliphatic rings. The van der Waals surface area contributed by atoms with Crippen molar-refractivity contribution < 1.29 is 4.74 Å². The number of nitrogens with one attached hydrogen (secondary N) is 1. The smallest absolute Gasteiger partial charge is 0.195 e. The Morgan fingerprint density at radius 1 is 1.31 bits per heavy atom. The third-order valence-electron chi connectivity index (χ3n) is 4.19. The summed E-state index contributed by atoms with van der Waals surface area (Å²) in [7, 11) is 0. The van der Waals surface area contributed by atoms with Crippen LogP contribution in [0.15, 0.2) is 40.8 Å². The number of aromatic nitrogens is 1. The minimum absolute atomic E-state index is 0.530. The van der Waals surface area contributed by atoms with Crippen molar-refractivity contribution in [2.45, 2.75) is 13.0 Å². The number of thiocarbonyl (C=S) groups is 1. The maximum atomic E-state index is 6.26. The number of hydrogen-bond acceptors (Lipinski definition) is 4. The zero-order valence-corrected chi connectivity index (χ0v) is 17.0. The minimum atomic E-state index is 0.530. The molecular formula is C18H23ClN4OS2. The number of benzene rings is 1. The first kappa shape index (κ1) is 19.5. The summed E-state index contributed by atoms with van der Waals surface area (Å²) in [6, 6.07) is 7.86. The van der Waals surface area contributed by atoms with Crippen molar-refractivity contribution in [1.29, 1.82) is 0 Å². The Bertz CT molecular complexity index is 783. The highest BCUT2D eigenvalue weighted by atomic mass is 35.5. The third-order valence-corrected chi connectivity index (χ3v) is 5.59. The average Bonchev–Trinajstić information content (AvgIpc) is 3.08. The van der Waals surface area contributed by atoms with Crippen LogP contribution >= 0.6 is 35.2 Å². The molecule has 0 radical (unpaired) electrons. The fraction of sp³-hybridized carbons (Fsp3) is 0.444. The second-order valence-corrected chi connectivity index (χ2v) is 7.72. The number of hydrogen-bond donors (Lipinski definition) is 1. The van der Waals surface area contributed by atoms with Gasteiger partial charge in [0.05, 0.1) is 19.8 Å². The van der Waals surface area contributed by atoms with E-state index in [-0.39, 0.29) is 0 Å². The van der Waals surface area contributed by atoms with Gasteiger partial charge in [-0.15, -0.1) is 11.3 Å². The van der Waals surface area contributed by atoms with Gasteiger partial charge in [-0.2, -0.15) is 4.99 Å². The molecule has 8 heteroatoms. The molecule has 2 heterocycles. The van der Waals surface area contributed by atoms with Crippen molar-refractivity contribution in [3.63, 3.8) is 0 Å². The van der Waals surface area contributed by atoms with Crippen LogP contribution in [0.2, 0.25) is 5.02 Å². The first-order valence-electron chi connectivity index (χ1n) is 8.72. The number of ether oxygens (including phenoxy) is 1. The van der Waals surface area contributed by atoms with E-state index in [1.54, 1.807) is 11.3 Å². The summed E-state index contributed by atoms with van der Waals surface area (Å²) in [6.07, 6.45) is 3.05. The molecular weight excluding hydrogens is 388 g/mol. The van der Waals surface area contributed by atoms with Crippen molar-refractivity contribution in [3.05, 3.63) is 51.2 Å². The standard InChI is InChI=1S/C18H23ClN4OS2/c19-16-5-2-1-4-15(16)14-23-10-13-26-18(23)21-17(25)20-6-3-7-22-8-11-24-12-9-22/h1-2,4-5,10,13H,3,6-9,11-12,14H2,(H,20,25)/b21-18-. The predicted octanol–water partition coefficient (Wildman–Crippen LogP) is 2.75. The Balaban J connectivity index is 1.50. The molecule has 0 spiro atoms. The zero-order valence-electron chi connectivity index (χ0n) is 14.6. The molecule has 3 rings (SSSR count). The topological polar surface area (TPSA) is 41.8 Å². The number of halogens is 1. The van der Waals surface area contributed by atoms with Crippen LogP contribution in [-0.2, 0) is 11.3 Å². The molecule has 2 aromatic rings. The second-order valence-electron chi connectivity index (χ2n) is 6.06. The summed E-state index contributed by atoms with van der Waals surface area (Å²) >= 11 is 13.2. The summed E-state index contributed by atoms with van der Waals surface area (Å²) in [5, 5.41) is 6.54. The minimum Gasteiger partial charge on any atom is -0.379 e. The fourth-order valence-electron chi connectivity index (χ4n) is 2.77. The molecule has 5 nitrogen and oxygen atoms in total. The lowest BCUT2D eigenvalue weighted by atomic mass is 10.2. The quantitative estimate of drug-likeness (QED) is 0.587. The fourth-order valence-corrected chi connectivity index (χ4v) is 3.94. The van der Waals surface area contributed by atoms with E-state index in [0.29, 0.717) is 11.7 Å². The number of nitrogens with zero attached hydrogens (tertiary/aromatic N) is 3. The SMILES string of the molecule is S=C(/N=c1\sccn1Cc1ccccc1Cl)NCCCN1CCOCC1. The van der Waals surface area contributed by atoms with Crippen molar-refractivity contribution >= 4 is 40.3 Å². The molecule has 140 valence electrons. The largest absolute Gasteiger partial charge is 0.379 e. The van der Waals surface area contributed by atoms with Gasteiger partial charge in [0.15, 0.2) is 9.91 Å². The molecule has 1 saturated heterocycles. The van der Waals surface area contributed by atoms with E-state index in [0.717, 1.165) is 61.2 Å². The lowest BCUT2D eigenvalue weighted by molar-refractivity contribution is 0.0376. The van der Waals surface area contributed by atoms with Gasteiger partial charge in [-0.25, -0.2) is 0 Å². The summed E-state index contributed by atoms with van der Waals surface area (Å²) in [4.78, 5) is 7.84. The van der Waals surface area contributed by atoms with E-state index in [4.69, 9.17) is 28.6 Å². The van der Waals surface area contributed by atoms with Crippen molar-refractivity contribution in [1.82, 2.24) is 14.8 Å². The molecule has 1 aromatic carbocycles. The maximum absolute atomic E-state index is 6.26. The Kier molecular flexibility index (Phi) is 7.64. The van der Waals surface area contributed by atoms with Crippen LogP contribution in [-0.4, -0.2) is 54.0 Å². The average molecular weight is 411 g/mol. The summed E-state index contributed by atoms with van der Waals surface area (Å²) < 4.78 is 7.42. The molecule has 0 amide bonds. The molecule has 26 heavy (non-hydrogen) atoms. The molecule has 1 fully saturated rings. The lowest BCUT2D eigenvalue weighted by Gasteiger charge is -2.26. The van der Waals surface area contributed by atoms with E-state index in [1.165, 1.54) is 0 Å². The maximum Gasteiger partial charge on any atom is 0.195 e. The van der Waals surface area contributed by atoms with Crippen LogP contribution in [0.1, 0.15) is 12.0 Å². The van der Waals surface area contributed by atoms with Crippen LogP contribution in [0.5, 0.6) is 0 Å². The van der Waals surface area contributed by atoms with E-state index in [1.807, 2.05) is 35.8 Å². The molecule has 1 N–H and O–H groups in total. The molecule has 0 bridgehead atoms. The molecule has 1 aliphatic heterocycles. The zero-order chi connectivity index (χ0) is 18.2. The summed E-state index contributed by atoms with van der Waals surface area (Å²) in [5.41, 5.74) is 1.07. The van der Waals surface area contributed by atoms with E-state index < -0.39 is 0 Å². The van der Waals surface area contributed by atoms with E-state index >= 15 is 0 Å². The Morgan fingerprint density at radius 2 is 2.12 bits per heavy atom. The summed E-state index contributed by atoms with van der Waals surface area (Å²) in [6.45, 7) is 6.29. The monoisotopic (exact) mass is 410 g/mol. The highest BCUT2D eigenvalue weighted by Crippen LogP contribution is 2.15. The highest BCUT2D eigenvalue weighted by Gasteiger charge is 2.09. The van der Waals surface area contributed by atoms with Crippen LogP contribution in [0.25, 0.3) is 0 Å². The Morgan fingerprint density at radius 3 is 2.92 bits per heavy atom. The van der Waals surface area contributed by atoms with Crippen LogP contribution in [0.3, 0.4) is 0 Å². The van der Waals surface area contributed by atoms with Crippen LogP contribution in [0, 0.1) is 0 Å². The Labute approximate surface area is 168 Å². The predicted molar refractivity (Wildman–Crippen MR) is 111 cm³/mol. The lowest BCUT2D eigenvalue weighted by Crippen LogP contribution is -2.38. The first-order valence-corrected chi connectivity index (χ1v) is 10.4. The van der Waals surface area contributed by atoms with Crippen molar-refractivity contribution in [2.24, 2.45) is 4.99 Å². The number of rotatable bonds is 6. The van der Waals surface area contributed by atoms with Gasteiger partial charge in [0.2, 0.25) is 0 Å². The van der Waals surface area contributed by atoms with E-state index in [9.17, 15) is 0 Å². The Hall–Kier alpha value is -1.25. The van der Waals surface area contributed by atoms with Gasteiger partial charge < -0.3 is 14.6 Å². The van der Waals surface area contributed by atoms with Crippen molar-refractivity contribution in [3.8, 4) is 0 Å². The number of morpholine rings is 1. The van der Waals surface area contributed by atoms with Gasteiger partial charge in [0, 0.05) is 36.2 Å². The van der Waals surface area contributed by atoms with Gasteiger partial charge in [-0.3, -0.25) is 4.90 Å². The van der Waals surface area contributed by atoms with Gasteiger partial charge in [0.25, 0.3) is 0 Å². The highest BCUT2D eigenvalue weighted by molar-refractivity contribution is 7.80. The van der Waals surface area contributed by atoms with Gasteiger partial charge in [-0.05, 0) is 36.8 Å². The normalized spacial score (nSPS) is 16.0. The van der Waals surface area contributed by atoms with Crippen LogP contribution < -0.4 is 10.1 Å². The molecule has 0 saturated carbocycles. The second kappa shape index (κ2) is 10.2. The molecule has 0 atom stereocenters. The van der Waals surface area contributed by atoms with Crippen LogP contribution in [0.4, 0.5) is 0 Å². The van der Waals surface area contributed by atoms with Gasteiger partial charge in [0.1, 0.15) is 0 Å². The molecule has 0 aliphatic carbocycles. The van der Waals surface area contributed by atoms with Crippen molar-refractivity contribution in [2.75, 3.05) is 39.4 Å². The molecule has 1 aromatic heterocycles. The van der Waals surface area contributed by atoms with E-state index in [2.05, 4.69) is 19.8 Å². The van der Waals surface area contributed by atoms with Gasteiger partial charge >= 0.3 is 0 Å². The third kappa shape index (κ3) is 5.89. The first-order chi connectivity index (χ1) is 12.7. The summed E-state index contributed by atoms with van der Waals surface area (Å²) in [5.74, 6) is 0. The molecule has 0 unspecified atom stereocenters.